The van der Waals surface area contributed by atoms with Crippen molar-refractivity contribution >= 4 is 21.6 Å². The van der Waals surface area contributed by atoms with E-state index >= 15 is 0 Å². The number of piperazine rings is 1. The Morgan fingerprint density at radius 2 is 1.73 bits per heavy atom. The summed E-state index contributed by atoms with van der Waals surface area (Å²) in [6, 6.07) is 5.40. The number of nitro groups is 1. The number of carbonyl (C=O) groups excluding carboxylic acids is 1. The van der Waals surface area contributed by atoms with Crippen LogP contribution in [0.4, 0.5) is 5.69 Å². The van der Waals surface area contributed by atoms with Gasteiger partial charge < -0.3 is 4.90 Å². The van der Waals surface area contributed by atoms with Crippen LogP contribution in [-0.2, 0) is 14.8 Å². The molecule has 166 valence electrons. The van der Waals surface area contributed by atoms with E-state index in [1.54, 1.807) is 4.90 Å². The minimum absolute atomic E-state index is 0.0428. The van der Waals surface area contributed by atoms with Gasteiger partial charge in [-0.25, -0.2) is 8.42 Å². The smallest absolute Gasteiger partial charge is 0.289 e. The van der Waals surface area contributed by atoms with Crippen molar-refractivity contribution in [3.8, 4) is 0 Å². The van der Waals surface area contributed by atoms with E-state index < -0.39 is 20.6 Å². The molecule has 1 aliphatic heterocycles. The van der Waals surface area contributed by atoms with Gasteiger partial charge in [0.15, 0.2) is 4.90 Å². The van der Waals surface area contributed by atoms with Crippen molar-refractivity contribution in [2.24, 2.45) is 11.8 Å². The molecular weight excluding hydrogens is 406 g/mol. The second-order valence-electron chi connectivity index (χ2n) is 8.31. The summed E-state index contributed by atoms with van der Waals surface area (Å²) < 4.78 is 27.1. The third kappa shape index (κ3) is 5.00. The zero-order chi connectivity index (χ0) is 21.7. The first-order chi connectivity index (χ1) is 14.3. The van der Waals surface area contributed by atoms with Crippen molar-refractivity contribution in [3.05, 3.63) is 34.4 Å². The van der Waals surface area contributed by atoms with Gasteiger partial charge in [-0.2, -0.15) is 4.31 Å². The Balaban J connectivity index is 1.57. The SMILES string of the molecule is CCCCC1CCC(C(=O)N2CCN(S(=O)(=O)c3ccccc3[N+](=O)[O-])CC2)CC1. The van der Waals surface area contributed by atoms with E-state index in [-0.39, 0.29) is 29.8 Å². The Morgan fingerprint density at radius 1 is 1.10 bits per heavy atom. The van der Waals surface area contributed by atoms with Gasteiger partial charge in [0.1, 0.15) is 0 Å². The lowest BCUT2D eigenvalue weighted by Crippen LogP contribution is -2.52. The maximum atomic E-state index is 12.9. The molecule has 9 heteroatoms. The number of rotatable bonds is 7. The second-order valence-corrected chi connectivity index (χ2v) is 10.2. The average molecular weight is 438 g/mol. The van der Waals surface area contributed by atoms with Gasteiger partial charge in [-0.15, -0.1) is 0 Å². The fourth-order valence-corrected chi connectivity index (χ4v) is 6.14. The molecule has 1 saturated carbocycles. The Labute approximate surface area is 178 Å². The number of para-hydroxylation sites is 1. The largest absolute Gasteiger partial charge is 0.340 e. The summed E-state index contributed by atoms with van der Waals surface area (Å²) in [5.74, 6) is 0.908. The normalized spacial score (nSPS) is 23.3. The predicted octanol–water partition coefficient (Wildman–Crippen LogP) is 3.42. The first kappa shape index (κ1) is 22.7. The third-order valence-electron chi connectivity index (χ3n) is 6.39. The van der Waals surface area contributed by atoms with Crippen LogP contribution in [-0.4, -0.2) is 54.6 Å². The molecule has 8 nitrogen and oxygen atoms in total. The van der Waals surface area contributed by atoms with E-state index in [0.717, 1.165) is 31.6 Å². The fourth-order valence-electron chi connectivity index (χ4n) is 4.56. The molecule has 0 atom stereocenters. The zero-order valence-corrected chi connectivity index (χ0v) is 18.3. The van der Waals surface area contributed by atoms with E-state index in [2.05, 4.69) is 6.92 Å². The van der Waals surface area contributed by atoms with Crippen molar-refractivity contribution in [2.45, 2.75) is 56.8 Å². The maximum Gasteiger partial charge on any atom is 0.289 e. The Kier molecular flexibility index (Phi) is 7.46. The molecule has 1 saturated heterocycles. The second kappa shape index (κ2) is 9.87. The van der Waals surface area contributed by atoms with Crippen LogP contribution in [0.15, 0.2) is 29.2 Å². The summed E-state index contributed by atoms with van der Waals surface area (Å²) >= 11 is 0. The van der Waals surface area contributed by atoms with Gasteiger partial charge in [0, 0.05) is 38.2 Å². The van der Waals surface area contributed by atoms with E-state index in [0.29, 0.717) is 13.1 Å². The number of carbonyl (C=O) groups is 1. The van der Waals surface area contributed by atoms with Crippen molar-refractivity contribution in [2.75, 3.05) is 26.2 Å². The number of nitrogens with zero attached hydrogens (tertiary/aromatic N) is 3. The number of amides is 1. The van der Waals surface area contributed by atoms with E-state index in [9.17, 15) is 23.3 Å². The minimum Gasteiger partial charge on any atom is -0.340 e. The van der Waals surface area contributed by atoms with Crippen LogP contribution in [0.1, 0.15) is 51.9 Å². The number of benzene rings is 1. The molecule has 1 aromatic rings. The lowest BCUT2D eigenvalue weighted by molar-refractivity contribution is -0.387. The molecule has 1 aromatic carbocycles. The Morgan fingerprint density at radius 3 is 2.33 bits per heavy atom. The summed E-state index contributed by atoms with van der Waals surface area (Å²) in [6.07, 6.45) is 7.74. The molecule has 0 bridgehead atoms. The van der Waals surface area contributed by atoms with Crippen LogP contribution in [0.2, 0.25) is 0 Å². The summed E-state index contributed by atoms with van der Waals surface area (Å²) in [5.41, 5.74) is -0.421. The number of hydrogen-bond donors (Lipinski definition) is 0. The molecule has 30 heavy (non-hydrogen) atoms. The van der Waals surface area contributed by atoms with Gasteiger partial charge in [0.05, 0.1) is 4.92 Å². The van der Waals surface area contributed by atoms with Gasteiger partial charge in [0.2, 0.25) is 15.9 Å². The quantitative estimate of drug-likeness (QED) is 0.480. The number of sulfonamides is 1. The Hall–Kier alpha value is -2.00. The Bertz CT molecular complexity index is 857. The summed E-state index contributed by atoms with van der Waals surface area (Å²) in [6.45, 7) is 3.17. The molecule has 1 aliphatic carbocycles. The molecule has 0 spiro atoms. The molecule has 3 rings (SSSR count). The predicted molar refractivity (Wildman–Crippen MR) is 113 cm³/mol. The summed E-state index contributed by atoms with van der Waals surface area (Å²) in [7, 11) is -3.97. The lowest BCUT2D eigenvalue weighted by atomic mass is 9.79. The number of nitro benzene ring substituents is 1. The first-order valence-corrected chi connectivity index (χ1v) is 12.3. The molecule has 2 fully saturated rings. The minimum atomic E-state index is -3.97. The van der Waals surface area contributed by atoms with E-state index in [4.69, 9.17) is 0 Å². The van der Waals surface area contributed by atoms with Gasteiger partial charge in [-0.1, -0.05) is 38.3 Å². The lowest BCUT2D eigenvalue weighted by Gasteiger charge is -2.37. The maximum absolute atomic E-state index is 12.9. The highest BCUT2D eigenvalue weighted by Crippen LogP contribution is 2.33. The highest BCUT2D eigenvalue weighted by atomic mass is 32.2. The van der Waals surface area contributed by atoms with Crippen LogP contribution in [0.5, 0.6) is 0 Å². The molecule has 1 amide bonds. The van der Waals surface area contributed by atoms with E-state index in [1.165, 1.54) is 47.8 Å². The number of unbranched alkanes of at least 4 members (excludes halogenated alkanes) is 1. The van der Waals surface area contributed by atoms with Crippen LogP contribution >= 0.6 is 0 Å². The first-order valence-electron chi connectivity index (χ1n) is 10.9. The van der Waals surface area contributed by atoms with Gasteiger partial charge in [0.25, 0.3) is 5.69 Å². The van der Waals surface area contributed by atoms with Crippen molar-refractivity contribution < 1.29 is 18.1 Å². The summed E-state index contributed by atoms with van der Waals surface area (Å²) in [4.78, 5) is 24.9. The molecule has 0 aromatic heterocycles. The molecule has 0 radical (unpaired) electrons. The van der Waals surface area contributed by atoms with Crippen LogP contribution in [0, 0.1) is 22.0 Å². The van der Waals surface area contributed by atoms with Crippen LogP contribution in [0.3, 0.4) is 0 Å². The van der Waals surface area contributed by atoms with Gasteiger partial charge in [-0.05, 0) is 37.7 Å². The van der Waals surface area contributed by atoms with Crippen LogP contribution < -0.4 is 0 Å². The van der Waals surface area contributed by atoms with Gasteiger partial charge >= 0.3 is 0 Å². The topological polar surface area (TPSA) is 101 Å². The molecule has 1 heterocycles. The van der Waals surface area contributed by atoms with Crippen molar-refractivity contribution in [1.29, 1.82) is 0 Å². The molecule has 2 aliphatic rings. The molecule has 0 unspecified atom stereocenters. The average Bonchev–Trinajstić information content (AvgIpc) is 2.77. The standard InChI is InChI=1S/C21H31N3O5S/c1-2-3-6-17-9-11-18(12-10-17)21(25)22-13-15-23(16-14-22)30(28,29)20-8-5-4-7-19(20)24(26)27/h4-5,7-8,17-18H,2-3,6,9-16H2,1H3. The summed E-state index contributed by atoms with van der Waals surface area (Å²) in [5, 5.41) is 11.2. The van der Waals surface area contributed by atoms with E-state index in [1.807, 2.05) is 0 Å². The third-order valence-corrected chi connectivity index (χ3v) is 8.34. The fraction of sp³-hybridized carbons (Fsp3) is 0.667. The molecule has 0 N–H and O–H groups in total. The molecular formula is C21H31N3O5S. The highest BCUT2D eigenvalue weighted by Gasteiger charge is 2.36. The van der Waals surface area contributed by atoms with Crippen molar-refractivity contribution in [1.82, 2.24) is 9.21 Å². The van der Waals surface area contributed by atoms with Crippen molar-refractivity contribution in [3.63, 3.8) is 0 Å². The van der Waals surface area contributed by atoms with Crippen LogP contribution in [0.25, 0.3) is 0 Å². The highest BCUT2D eigenvalue weighted by molar-refractivity contribution is 7.89. The number of hydrogen-bond acceptors (Lipinski definition) is 5. The van der Waals surface area contributed by atoms with Gasteiger partial charge in [-0.3, -0.25) is 14.9 Å². The monoisotopic (exact) mass is 437 g/mol. The zero-order valence-electron chi connectivity index (χ0n) is 17.5.